The van der Waals surface area contributed by atoms with Crippen LogP contribution in [-0.2, 0) is 11.8 Å². The smallest absolute Gasteiger partial charge is 0.0657 e. The van der Waals surface area contributed by atoms with E-state index in [9.17, 15) is 0 Å². The summed E-state index contributed by atoms with van der Waals surface area (Å²) in [5.41, 5.74) is 2.92. The van der Waals surface area contributed by atoms with Gasteiger partial charge >= 0.3 is 0 Å². The molecular weight excluding hydrogens is 203 g/mol. The van der Waals surface area contributed by atoms with Gasteiger partial charge in [0.2, 0.25) is 0 Å². The molecule has 0 bridgehead atoms. The minimum Gasteiger partial charge on any atom is -0.0847 e. The Kier molecular flexibility index (Phi) is 3.28. The van der Waals surface area contributed by atoms with Crippen LogP contribution in [0.1, 0.15) is 31.9 Å². The van der Waals surface area contributed by atoms with Crippen LogP contribution in [0.15, 0.2) is 36.4 Å². The van der Waals surface area contributed by atoms with E-state index >= 15 is 0 Å². The molecule has 2 rings (SSSR count). The first-order chi connectivity index (χ1) is 8.00. The fourth-order valence-corrected chi connectivity index (χ4v) is 2.08. The van der Waals surface area contributed by atoms with Gasteiger partial charge in [0.15, 0.2) is 0 Å². The summed E-state index contributed by atoms with van der Waals surface area (Å²) in [6.45, 7) is 6.74. The monoisotopic (exact) mass is 222 g/mol. The maximum absolute atomic E-state index is 5.59. The zero-order valence-electron chi connectivity index (χ0n) is 11.0. The van der Waals surface area contributed by atoms with Gasteiger partial charge in [0.05, 0.1) is 7.85 Å². The zero-order valence-corrected chi connectivity index (χ0v) is 11.0. The Bertz CT molecular complexity index is 521. The van der Waals surface area contributed by atoms with E-state index in [1.165, 1.54) is 21.9 Å². The van der Waals surface area contributed by atoms with Gasteiger partial charge in [0, 0.05) is 0 Å². The highest BCUT2D eigenvalue weighted by Crippen LogP contribution is 2.26. The summed E-state index contributed by atoms with van der Waals surface area (Å²) in [6.07, 6.45) is 1.67. The van der Waals surface area contributed by atoms with Gasteiger partial charge < -0.3 is 0 Å². The predicted octanol–water partition coefficient (Wildman–Crippen LogP) is 4.27. The molecular formula is C16H19B. The molecule has 0 aliphatic rings. The summed E-state index contributed by atoms with van der Waals surface area (Å²) in [7, 11) is 5.59. The van der Waals surface area contributed by atoms with Gasteiger partial charge in [0.1, 0.15) is 0 Å². The van der Waals surface area contributed by atoms with E-state index in [0.29, 0.717) is 6.32 Å². The normalized spacial score (nSPS) is 11.9. The summed E-state index contributed by atoms with van der Waals surface area (Å²) in [4.78, 5) is 0. The SMILES string of the molecule is [B]CCc1ccc2cc(C(C)(C)C)ccc2c1. The molecule has 0 nitrogen and oxygen atoms in total. The lowest BCUT2D eigenvalue weighted by Crippen LogP contribution is -2.10. The second kappa shape index (κ2) is 4.56. The molecule has 0 saturated heterocycles. The van der Waals surface area contributed by atoms with Crippen LogP contribution < -0.4 is 0 Å². The van der Waals surface area contributed by atoms with Gasteiger partial charge in [-0.15, -0.1) is 0 Å². The molecule has 0 atom stereocenters. The molecule has 2 radical (unpaired) electrons. The standard InChI is InChI=1S/C16H19B/c1-16(2,3)15-7-6-13-10-12(8-9-17)4-5-14(13)11-15/h4-7,10-11H,8-9H2,1-3H3. The van der Waals surface area contributed by atoms with Gasteiger partial charge in [-0.1, -0.05) is 63.5 Å². The summed E-state index contributed by atoms with van der Waals surface area (Å²) >= 11 is 0. The van der Waals surface area contributed by atoms with Crippen LogP contribution in [0.2, 0.25) is 6.32 Å². The molecule has 2 aromatic rings. The lowest BCUT2D eigenvalue weighted by Gasteiger charge is -2.19. The van der Waals surface area contributed by atoms with Crippen molar-refractivity contribution >= 4 is 18.6 Å². The maximum Gasteiger partial charge on any atom is 0.0657 e. The largest absolute Gasteiger partial charge is 0.0847 e. The van der Waals surface area contributed by atoms with Crippen LogP contribution >= 0.6 is 0 Å². The van der Waals surface area contributed by atoms with Crippen molar-refractivity contribution in [1.29, 1.82) is 0 Å². The highest BCUT2D eigenvalue weighted by Gasteiger charge is 2.13. The van der Waals surface area contributed by atoms with Crippen molar-refractivity contribution in [2.24, 2.45) is 0 Å². The summed E-state index contributed by atoms with van der Waals surface area (Å²) < 4.78 is 0. The minimum atomic E-state index is 0.212. The van der Waals surface area contributed by atoms with Gasteiger partial charge in [0.25, 0.3) is 0 Å². The quantitative estimate of drug-likeness (QED) is 0.665. The average Bonchev–Trinajstić information content (AvgIpc) is 2.27. The van der Waals surface area contributed by atoms with E-state index in [1.807, 2.05) is 0 Å². The molecule has 0 aromatic heterocycles. The highest BCUT2D eigenvalue weighted by molar-refractivity contribution is 6.08. The van der Waals surface area contributed by atoms with E-state index in [4.69, 9.17) is 7.85 Å². The van der Waals surface area contributed by atoms with E-state index in [2.05, 4.69) is 57.2 Å². The molecule has 0 N–H and O–H groups in total. The number of aryl methyl sites for hydroxylation is 1. The van der Waals surface area contributed by atoms with Crippen molar-refractivity contribution < 1.29 is 0 Å². The van der Waals surface area contributed by atoms with Crippen molar-refractivity contribution in [3.05, 3.63) is 47.5 Å². The van der Waals surface area contributed by atoms with Gasteiger partial charge in [-0.25, -0.2) is 0 Å². The van der Waals surface area contributed by atoms with Crippen molar-refractivity contribution in [2.45, 2.75) is 38.9 Å². The van der Waals surface area contributed by atoms with Crippen molar-refractivity contribution in [2.75, 3.05) is 0 Å². The third-order valence-corrected chi connectivity index (χ3v) is 3.20. The lowest BCUT2D eigenvalue weighted by molar-refractivity contribution is 0.591. The molecule has 0 fully saturated rings. The number of benzene rings is 2. The molecule has 86 valence electrons. The van der Waals surface area contributed by atoms with Gasteiger partial charge in [-0.05, 0) is 33.7 Å². The Hall–Kier alpha value is -1.24. The Labute approximate surface area is 105 Å². The topological polar surface area (TPSA) is 0 Å². The molecule has 0 unspecified atom stereocenters. The first kappa shape index (κ1) is 12.2. The third-order valence-electron chi connectivity index (χ3n) is 3.20. The van der Waals surface area contributed by atoms with Gasteiger partial charge in [-0.2, -0.15) is 0 Å². The Morgan fingerprint density at radius 1 is 0.941 bits per heavy atom. The Morgan fingerprint density at radius 3 is 2.24 bits per heavy atom. The van der Waals surface area contributed by atoms with Crippen LogP contribution in [0.4, 0.5) is 0 Å². The number of hydrogen-bond acceptors (Lipinski definition) is 0. The van der Waals surface area contributed by atoms with Crippen LogP contribution in [-0.4, -0.2) is 7.85 Å². The van der Waals surface area contributed by atoms with Gasteiger partial charge in [-0.3, -0.25) is 0 Å². The molecule has 0 heterocycles. The molecule has 2 aromatic carbocycles. The Morgan fingerprint density at radius 2 is 1.59 bits per heavy atom. The third kappa shape index (κ3) is 2.72. The Balaban J connectivity index is 2.47. The summed E-state index contributed by atoms with van der Waals surface area (Å²) in [5, 5.41) is 2.63. The van der Waals surface area contributed by atoms with E-state index in [0.717, 1.165) is 6.42 Å². The second-order valence-corrected chi connectivity index (χ2v) is 5.68. The molecule has 0 aliphatic carbocycles. The highest BCUT2D eigenvalue weighted by atomic mass is 14.2. The van der Waals surface area contributed by atoms with Crippen LogP contribution in [0.25, 0.3) is 10.8 Å². The maximum atomic E-state index is 5.59. The molecule has 17 heavy (non-hydrogen) atoms. The van der Waals surface area contributed by atoms with Crippen molar-refractivity contribution in [1.82, 2.24) is 0 Å². The zero-order chi connectivity index (χ0) is 12.5. The number of fused-ring (bicyclic) bond motifs is 1. The molecule has 0 amide bonds. The van der Waals surface area contributed by atoms with E-state index in [1.54, 1.807) is 0 Å². The first-order valence-corrected chi connectivity index (χ1v) is 6.24. The predicted molar refractivity (Wildman–Crippen MR) is 76.9 cm³/mol. The van der Waals surface area contributed by atoms with E-state index < -0.39 is 0 Å². The first-order valence-electron chi connectivity index (χ1n) is 6.24. The van der Waals surface area contributed by atoms with Crippen molar-refractivity contribution in [3.63, 3.8) is 0 Å². The number of rotatable bonds is 2. The fraction of sp³-hybridized carbons (Fsp3) is 0.375. The molecule has 1 heteroatoms. The van der Waals surface area contributed by atoms with E-state index in [-0.39, 0.29) is 5.41 Å². The molecule has 0 saturated carbocycles. The minimum absolute atomic E-state index is 0.212. The second-order valence-electron chi connectivity index (χ2n) is 5.68. The molecule has 0 spiro atoms. The lowest BCUT2D eigenvalue weighted by atomic mass is 9.85. The molecule has 0 aliphatic heterocycles. The summed E-state index contributed by atoms with van der Waals surface area (Å²) in [6, 6.07) is 13.4. The van der Waals surface area contributed by atoms with Crippen LogP contribution in [0.5, 0.6) is 0 Å². The average molecular weight is 222 g/mol. The summed E-state index contributed by atoms with van der Waals surface area (Å²) in [5.74, 6) is 0. The van der Waals surface area contributed by atoms with Crippen LogP contribution in [0.3, 0.4) is 0 Å². The van der Waals surface area contributed by atoms with Crippen molar-refractivity contribution in [3.8, 4) is 0 Å². The number of hydrogen-bond donors (Lipinski definition) is 0. The fourth-order valence-electron chi connectivity index (χ4n) is 2.08. The van der Waals surface area contributed by atoms with Crippen LogP contribution in [0, 0.1) is 0 Å².